The number of hydrogen-bond donors (Lipinski definition) is 1. The average molecular weight is 430 g/mol. The van der Waals surface area contributed by atoms with Crippen molar-refractivity contribution in [2.45, 2.75) is 39.0 Å². The van der Waals surface area contributed by atoms with Crippen molar-refractivity contribution in [1.29, 1.82) is 0 Å². The number of rotatable bonds is 4. The molecule has 0 saturated carbocycles. The van der Waals surface area contributed by atoms with E-state index in [0.29, 0.717) is 18.9 Å². The molecule has 1 aliphatic rings. The molecule has 0 aliphatic carbocycles. The molecular weight excluding hydrogens is 402 g/mol. The molecule has 164 valence electrons. The van der Waals surface area contributed by atoms with Crippen molar-refractivity contribution in [2.24, 2.45) is 7.05 Å². The fourth-order valence-corrected chi connectivity index (χ4v) is 4.44. The first-order valence-electron chi connectivity index (χ1n) is 10.9. The molecule has 1 aromatic carbocycles. The molecule has 8 heteroatoms. The van der Waals surface area contributed by atoms with Gasteiger partial charge >= 0.3 is 0 Å². The molecule has 1 aliphatic heterocycles. The number of carbonyl (C=O) groups excluding carboxylic acids is 1. The first-order chi connectivity index (χ1) is 15.4. The van der Waals surface area contributed by atoms with Gasteiger partial charge in [-0.3, -0.25) is 9.48 Å². The molecule has 0 spiro atoms. The maximum atomic E-state index is 12.7. The molecule has 0 atom stereocenters. The maximum absolute atomic E-state index is 12.7. The minimum atomic E-state index is -0.0629. The number of fused-ring (bicyclic) bond motifs is 2. The van der Waals surface area contributed by atoms with Crippen LogP contribution in [0.4, 0.5) is 17.3 Å². The lowest BCUT2D eigenvalue weighted by Gasteiger charge is -2.27. The molecular formula is C24H27N7O. The van der Waals surface area contributed by atoms with Crippen molar-refractivity contribution < 1.29 is 4.79 Å². The highest BCUT2D eigenvalue weighted by Crippen LogP contribution is 2.40. The normalized spacial score (nSPS) is 15.6. The van der Waals surface area contributed by atoms with E-state index in [1.165, 1.54) is 5.56 Å². The summed E-state index contributed by atoms with van der Waals surface area (Å²) in [5.74, 6) is 0.656. The Bertz CT molecular complexity index is 1320. The number of aromatic nitrogens is 5. The average Bonchev–Trinajstić information content (AvgIpc) is 3.36. The van der Waals surface area contributed by atoms with Gasteiger partial charge in [0.25, 0.3) is 0 Å². The molecule has 3 aromatic heterocycles. The molecule has 0 bridgehead atoms. The van der Waals surface area contributed by atoms with E-state index in [2.05, 4.69) is 35.3 Å². The number of benzene rings is 1. The zero-order valence-electron chi connectivity index (χ0n) is 18.8. The molecule has 32 heavy (non-hydrogen) atoms. The Morgan fingerprint density at radius 2 is 2.00 bits per heavy atom. The van der Waals surface area contributed by atoms with Gasteiger partial charge in [0.1, 0.15) is 0 Å². The first kappa shape index (κ1) is 20.2. The van der Waals surface area contributed by atoms with Gasteiger partial charge in [-0.25, -0.2) is 9.50 Å². The summed E-state index contributed by atoms with van der Waals surface area (Å²) in [4.78, 5) is 19.1. The van der Waals surface area contributed by atoms with Crippen molar-refractivity contribution >= 4 is 28.7 Å². The van der Waals surface area contributed by atoms with Crippen LogP contribution in [0.25, 0.3) is 16.8 Å². The lowest BCUT2D eigenvalue weighted by molar-refractivity contribution is -0.118. The molecule has 1 N–H and O–H groups in total. The second-order valence-corrected chi connectivity index (χ2v) is 8.92. The summed E-state index contributed by atoms with van der Waals surface area (Å²) in [6.07, 6.45) is 6.97. The molecule has 0 saturated heterocycles. The van der Waals surface area contributed by atoms with E-state index in [0.717, 1.165) is 34.6 Å². The fraction of sp³-hybridized carbons (Fsp3) is 0.333. The number of nitrogens with one attached hydrogen (secondary N) is 1. The van der Waals surface area contributed by atoms with Gasteiger partial charge in [0.2, 0.25) is 11.9 Å². The maximum Gasteiger partial charge on any atom is 0.245 e. The highest BCUT2D eigenvalue weighted by Gasteiger charge is 2.32. The Balaban J connectivity index is 1.52. The molecule has 0 radical (unpaired) electrons. The number of carbonyl (C=O) groups is 1. The highest BCUT2D eigenvalue weighted by molar-refractivity contribution is 5.96. The first-order valence-corrected chi connectivity index (χ1v) is 10.9. The van der Waals surface area contributed by atoms with Crippen LogP contribution in [0.15, 0.2) is 48.9 Å². The topological polar surface area (TPSA) is 80.4 Å². The van der Waals surface area contributed by atoms with Gasteiger partial charge in [0.15, 0.2) is 0 Å². The quantitative estimate of drug-likeness (QED) is 0.523. The largest absolute Gasteiger partial charge is 0.323 e. The van der Waals surface area contributed by atoms with E-state index in [9.17, 15) is 4.79 Å². The highest BCUT2D eigenvalue weighted by atomic mass is 16.2. The van der Waals surface area contributed by atoms with Crippen molar-refractivity contribution in [3.63, 3.8) is 0 Å². The zero-order valence-corrected chi connectivity index (χ0v) is 18.8. The summed E-state index contributed by atoms with van der Waals surface area (Å²) in [6, 6.07) is 10.2. The van der Waals surface area contributed by atoms with Crippen LogP contribution in [0.2, 0.25) is 0 Å². The van der Waals surface area contributed by atoms with Gasteiger partial charge in [-0.2, -0.15) is 5.10 Å². The number of aryl methyl sites for hydroxylation is 1. The Hall–Kier alpha value is -3.68. The molecule has 1 amide bonds. The fourth-order valence-electron chi connectivity index (χ4n) is 4.44. The number of hydrogen-bond acceptors (Lipinski definition) is 5. The summed E-state index contributed by atoms with van der Waals surface area (Å²) in [7, 11) is 1.89. The minimum Gasteiger partial charge on any atom is -0.323 e. The van der Waals surface area contributed by atoms with Gasteiger partial charge < -0.3 is 10.2 Å². The monoisotopic (exact) mass is 429 g/mol. The van der Waals surface area contributed by atoms with Gasteiger partial charge in [-0.15, -0.1) is 5.10 Å². The van der Waals surface area contributed by atoms with E-state index in [-0.39, 0.29) is 11.3 Å². The minimum absolute atomic E-state index is 0.0629. The Kier molecular flexibility index (Phi) is 4.73. The Labute approximate surface area is 186 Å². The lowest BCUT2D eigenvalue weighted by Crippen LogP contribution is -2.29. The van der Waals surface area contributed by atoms with Crippen LogP contribution in [-0.4, -0.2) is 36.8 Å². The van der Waals surface area contributed by atoms with Crippen LogP contribution in [0, 0.1) is 0 Å². The van der Waals surface area contributed by atoms with Crippen LogP contribution < -0.4 is 10.2 Å². The van der Waals surface area contributed by atoms with Crippen molar-refractivity contribution in [1.82, 2.24) is 24.4 Å². The van der Waals surface area contributed by atoms with Crippen LogP contribution in [0.3, 0.4) is 0 Å². The number of amides is 1. The Morgan fingerprint density at radius 1 is 1.16 bits per heavy atom. The summed E-state index contributed by atoms with van der Waals surface area (Å²) in [5, 5.41) is 12.3. The SMILES string of the molecule is CCN1C(=O)CCC(C)(C)c2ccc(Nc3ncc4ccc(-c5cnn(C)c5)n4n3)cc21. The van der Waals surface area contributed by atoms with Gasteiger partial charge in [0, 0.05) is 43.1 Å². The predicted molar refractivity (Wildman–Crippen MR) is 125 cm³/mol. The van der Waals surface area contributed by atoms with E-state index >= 15 is 0 Å². The third-order valence-corrected chi connectivity index (χ3v) is 6.25. The van der Waals surface area contributed by atoms with Crippen molar-refractivity contribution in [2.75, 3.05) is 16.8 Å². The predicted octanol–water partition coefficient (Wildman–Crippen LogP) is 4.30. The summed E-state index contributed by atoms with van der Waals surface area (Å²) in [5.41, 5.74) is 5.78. The molecule has 4 aromatic rings. The molecule has 5 rings (SSSR count). The summed E-state index contributed by atoms with van der Waals surface area (Å²) in [6.45, 7) is 7.07. The molecule has 4 heterocycles. The summed E-state index contributed by atoms with van der Waals surface area (Å²) >= 11 is 0. The third kappa shape index (κ3) is 3.41. The van der Waals surface area contributed by atoms with E-state index in [4.69, 9.17) is 5.10 Å². The van der Waals surface area contributed by atoms with E-state index in [1.807, 2.05) is 60.0 Å². The van der Waals surface area contributed by atoms with Crippen molar-refractivity contribution in [3.8, 4) is 11.3 Å². The van der Waals surface area contributed by atoms with E-state index in [1.54, 1.807) is 10.9 Å². The molecule has 8 nitrogen and oxygen atoms in total. The van der Waals surface area contributed by atoms with E-state index < -0.39 is 0 Å². The van der Waals surface area contributed by atoms with Crippen LogP contribution in [-0.2, 0) is 17.3 Å². The van der Waals surface area contributed by atoms with Crippen LogP contribution in [0.1, 0.15) is 39.2 Å². The second-order valence-electron chi connectivity index (χ2n) is 8.92. The number of nitrogens with zero attached hydrogens (tertiary/aromatic N) is 6. The van der Waals surface area contributed by atoms with Gasteiger partial charge in [-0.05, 0) is 48.6 Å². The van der Waals surface area contributed by atoms with Crippen LogP contribution in [0.5, 0.6) is 0 Å². The van der Waals surface area contributed by atoms with Crippen LogP contribution >= 0.6 is 0 Å². The van der Waals surface area contributed by atoms with Gasteiger partial charge in [-0.1, -0.05) is 19.9 Å². The third-order valence-electron chi connectivity index (χ3n) is 6.25. The van der Waals surface area contributed by atoms with Gasteiger partial charge in [0.05, 0.1) is 23.6 Å². The lowest BCUT2D eigenvalue weighted by atomic mass is 9.80. The smallest absolute Gasteiger partial charge is 0.245 e. The summed E-state index contributed by atoms with van der Waals surface area (Å²) < 4.78 is 3.63. The van der Waals surface area contributed by atoms with Crippen molar-refractivity contribution in [3.05, 3.63) is 54.5 Å². The standard InChI is InChI=1S/C24H27N7O/c1-5-30-21-12-17(6-8-19(21)24(2,3)11-10-22(30)32)27-23-25-14-18-7-9-20(31(18)28-23)16-13-26-29(4)15-16/h6-9,12-15H,5,10-11H2,1-4H3,(H,27,28). The molecule has 0 unspecified atom stereocenters. The second kappa shape index (κ2) is 7.47. The number of anilines is 3. The molecule has 0 fully saturated rings. The Morgan fingerprint density at radius 3 is 2.75 bits per heavy atom. The zero-order chi connectivity index (χ0) is 22.5.